The number of amides is 3. The topological polar surface area (TPSA) is 64.7 Å². The Bertz CT molecular complexity index is 918. The number of anilines is 3. The lowest BCUT2D eigenvalue weighted by atomic mass is 10.1. The Hall–Kier alpha value is -3.02. The van der Waals surface area contributed by atoms with E-state index in [9.17, 15) is 9.59 Å². The predicted molar refractivity (Wildman–Crippen MR) is 137 cm³/mol. The van der Waals surface area contributed by atoms with Gasteiger partial charge < -0.3 is 20.4 Å². The number of unbranched alkanes of at least 4 members (excludes halogenated alkanes) is 4. The minimum absolute atomic E-state index is 0.252. The minimum Gasteiger partial charge on any atom is -0.368 e. The Morgan fingerprint density at radius 1 is 0.848 bits per heavy atom. The Morgan fingerprint density at radius 3 is 2.24 bits per heavy atom. The van der Waals surface area contributed by atoms with E-state index in [0.717, 1.165) is 67.2 Å². The molecule has 0 spiro atoms. The molecule has 2 aromatic rings. The Kier molecular flexibility index (Phi) is 9.16. The summed E-state index contributed by atoms with van der Waals surface area (Å²) in [6.07, 6.45) is 6.56. The Morgan fingerprint density at radius 2 is 1.55 bits per heavy atom. The summed E-state index contributed by atoms with van der Waals surface area (Å²) < 4.78 is 0. The maximum Gasteiger partial charge on any atom is 0.323 e. The fraction of sp³-hybridized carbons (Fsp3) is 0.481. The third-order valence-corrected chi connectivity index (χ3v) is 6.47. The summed E-state index contributed by atoms with van der Waals surface area (Å²) >= 11 is 0. The van der Waals surface area contributed by atoms with Crippen LogP contribution in [0.3, 0.4) is 0 Å². The summed E-state index contributed by atoms with van der Waals surface area (Å²) in [6, 6.07) is 13.5. The second kappa shape index (κ2) is 12.3. The van der Waals surface area contributed by atoms with Gasteiger partial charge in [-0.2, -0.15) is 0 Å². The van der Waals surface area contributed by atoms with Crippen LogP contribution in [0.15, 0.2) is 42.5 Å². The van der Waals surface area contributed by atoms with E-state index in [2.05, 4.69) is 22.5 Å². The highest BCUT2D eigenvalue weighted by Crippen LogP contribution is 2.21. The van der Waals surface area contributed by atoms with Crippen LogP contribution in [-0.4, -0.2) is 43.0 Å². The monoisotopic (exact) mass is 450 g/mol. The van der Waals surface area contributed by atoms with Crippen molar-refractivity contribution in [3.05, 3.63) is 53.6 Å². The third kappa shape index (κ3) is 7.24. The van der Waals surface area contributed by atoms with Crippen molar-refractivity contribution in [1.29, 1.82) is 0 Å². The minimum atomic E-state index is -0.252. The summed E-state index contributed by atoms with van der Waals surface area (Å²) in [6.45, 7) is 9.45. The molecule has 0 saturated carbocycles. The summed E-state index contributed by atoms with van der Waals surface area (Å²) in [5, 5.41) is 5.82. The van der Waals surface area contributed by atoms with Crippen LogP contribution in [0.25, 0.3) is 0 Å². The fourth-order valence-electron chi connectivity index (χ4n) is 4.18. The van der Waals surface area contributed by atoms with Gasteiger partial charge in [-0.1, -0.05) is 44.7 Å². The molecule has 1 aliphatic heterocycles. The van der Waals surface area contributed by atoms with E-state index >= 15 is 0 Å². The molecule has 6 heteroatoms. The highest BCUT2D eigenvalue weighted by atomic mass is 16.2. The van der Waals surface area contributed by atoms with Gasteiger partial charge >= 0.3 is 6.03 Å². The van der Waals surface area contributed by atoms with Crippen LogP contribution in [0.1, 0.15) is 56.6 Å². The summed E-state index contributed by atoms with van der Waals surface area (Å²) in [4.78, 5) is 29.1. The van der Waals surface area contributed by atoms with Gasteiger partial charge in [0.25, 0.3) is 0 Å². The lowest BCUT2D eigenvalue weighted by Gasteiger charge is -2.36. The van der Waals surface area contributed by atoms with Crippen molar-refractivity contribution in [2.75, 3.05) is 41.7 Å². The maximum absolute atomic E-state index is 12.5. The first-order valence-electron chi connectivity index (χ1n) is 12.2. The van der Waals surface area contributed by atoms with E-state index < -0.39 is 0 Å². The molecule has 1 saturated heterocycles. The lowest BCUT2D eigenvalue weighted by molar-refractivity contribution is -0.131. The van der Waals surface area contributed by atoms with Crippen LogP contribution in [0.4, 0.5) is 21.9 Å². The second-order valence-electron chi connectivity index (χ2n) is 8.91. The van der Waals surface area contributed by atoms with Gasteiger partial charge in [-0.05, 0) is 61.7 Å². The van der Waals surface area contributed by atoms with E-state index in [1.165, 1.54) is 19.3 Å². The predicted octanol–water partition coefficient (Wildman–Crippen LogP) is 5.96. The van der Waals surface area contributed by atoms with Crippen LogP contribution < -0.4 is 15.5 Å². The van der Waals surface area contributed by atoms with Gasteiger partial charge in [-0.25, -0.2) is 4.79 Å². The zero-order valence-corrected chi connectivity index (χ0v) is 20.3. The lowest BCUT2D eigenvalue weighted by Crippen LogP contribution is -2.48. The van der Waals surface area contributed by atoms with Gasteiger partial charge in [0.05, 0.1) is 0 Å². The molecular weight excluding hydrogens is 412 g/mol. The van der Waals surface area contributed by atoms with Gasteiger partial charge in [-0.3, -0.25) is 4.79 Å². The molecule has 1 fully saturated rings. The molecule has 1 aliphatic rings. The maximum atomic E-state index is 12.5. The number of urea groups is 1. The van der Waals surface area contributed by atoms with Crippen LogP contribution in [-0.2, 0) is 4.79 Å². The van der Waals surface area contributed by atoms with Crippen molar-refractivity contribution in [1.82, 2.24) is 4.90 Å². The molecule has 33 heavy (non-hydrogen) atoms. The highest BCUT2D eigenvalue weighted by molar-refractivity contribution is 6.00. The summed E-state index contributed by atoms with van der Waals surface area (Å²) in [5.74, 6) is 0.292. The first-order chi connectivity index (χ1) is 16.0. The van der Waals surface area contributed by atoms with Crippen LogP contribution >= 0.6 is 0 Å². The number of nitrogens with one attached hydrogen (secondary N) is 2. The van der Waals surface area contributed by atoms with Crippen LogP contribution in [0.2, 0.25) is 0 Å². The second-order valence-corrected chi connectivity index (χ2v) is 8.91. The number of benzene rings is 2. The molecule has 3 rings (SSSR count). The first-order valence-corrected chi connectivity index (χ1v) is 12.2. The van der Waals surface area contributed by atoms with Crippen molar-refractivity contribution >= 4 is 29.0 Å². The quantitative estimate of drug-likeness (QED) is 0.464. The molecule has 2 aromatic carbocycles. The van der Waals surface area contributed by atoms with Crippen molar-refractivity contribution in [3.8, 4) is 0 Å². The Balaban J connectivity index is 1.43. The normalized spacial score (nSPS) is 13.7. The van der Waals surface area contributed by atoms with E-state index in [1.807, 2.05) is 61.2 Å². The van der Waals surface area contributed by atoms with E-state index in [0.29, 0.717) is 12.3 Å². The van der Waals surface area contributed by atoms with Crippen molar-refractivity contribution in [2.45, 2.75) is 59.3 Å². The third-order valence-electron chi connectivity index (χ3n) is 6.47. The summed E-state index contributed by atoms with van der Waals surface area (Å²) in [5.41, 5.74) is 4.89. The number of nitrogens with zero attached hydrogens (tertiary/aromatic N) is 2. The molecule has 0 radical (unpaired) electrons. The number of piperazine rings is 1. The number of carbonyl (C=O) groups is 2. The zero-order chi connectivity index (χ0) is 23.6. The fourth-order valence-corrected chi connectivity index (χ4v) is 4.18. The molecule has 1 heterocycles. The molecule has 0 bridgehead atoms. The van der Waals surface area contributed by atoms with Gasteiger partial charge in [0.15, 0.2) is 0 Å². The SMILES string of the molecule is CCCCCCCC(=O)N1CCN(c2ccc(NC(=O)Nc3cccc(C)c3C)cc2)CC1. The molecule has 3 amide bonds. The molecule has 0 aromatic heterocycles. The first kappa shape index (κ1) is 24.6. The number of carbonyl (C=O) groups excluding carboxylic acids is 2. The van der Waals surface area contributed by atoms with E-state index in [4.69, 9.17) is 0 Å². The highest BCUT2D eigenvalue weighted by Gasteiger charge is 2.21. The van der Waals surface area contributed by atoms with Crippen molar-refractivity contribution in [2.24, 2.45) is 0 Å². The molecule has 6 nitrogen and oxygen atoms in total. The zero-order valence-electron chi connectivity index (χ0n) is 20.3. The largest absolute Gasteiger partial charge is 0.368 e. The summed E-state index contributed by atoms with van der Waals surface area (Å²) in [7, 11) is 0. The molecule has 2 N–H and O–H groups in total. The van der Waals surface area contributed by atoms with Gasteiger partial charge in [-0.15, -0.1) is 0 Å². The molecule has 0 atom stereocenters. The van der Waals surface area contributed by atoms with Gasteiger partial charge in [0, 0.05) is 49.7 Å². The standard InChI is InChI=1S/C27H38N4O2/c1-4-5-6-7-8-12-26(32)31-19-17-30(18-20-31)24-15-13-23(14-16-24)28-27(33)29-25-11-9-10-21(2)22(25)3/h9-11,13-16H,4-8,12,17-20H2,1-3H3,(H2,28,29,33). The number of rotatable bonds is 9. The molecule has 0 unspecified atom stereocenters. The molecular formula is C27H38N4O2. The average Bonchev–Trinajstić information content (AvgIpc) is 2.82. The van der Waals surface area contributed by atoms with Crippen molar-refractivity contribution < 1.29 is 9.59 Å². The number of aryl methyl sites for hydroxylation is 1. The molecule has 0 aliphatic carbocycles. The van der Waals surface area contributed by atoms with Gasteiger partial charge in [0.2, 0.25) is 5.91 Å². The van der Waals surface area contributed by atoms with E-state index in [1.54, 1.807) is 0 Å². The Labute approximate surface area is 198 Å². The van der Waals surface area contributed by atoms with Crippen molar-refractivity contribution in [3.63, 3.8) is 0 Å². The van der Waals surface area contributed by atoms with Crippen LogP contribution in [0.5, 0.6) is 0 Å². The molecule has 178 valence electrons. The average molecular weight is 451 g/mol. The number of hydrogen-bond donors (Lipinski definition) is 2. The van der Waals surface area contributed by atoms with Crippen LogP contribution in [0, 0.1) is 13.8 Å². The van der Waals surface area contributed by atoms with Gasteiger partial charge in [0.1, 0.15) is 0 Å². The van der Waals surface area contributed by atoms with E-state index in [-0.39, 0.29) is 6.03 Å². The smallest absolute Gasteiger partial charge is 0.323 e. The number of hydrogen-bond acceptors (Lipinski definition) is 3.